The third-order valence-electron chi connectivity index (χ3n) is 3.78. The first-order valence-electron chi connectivity index (χ1n) is 8.46. The number of benzene rings is 2. The molecule has 1 aromatic heterocycles. The molecule has 0 unspecified atom stereocenters. The molecule has 0 aliphatic rings. The molecule has 0 saturated heterocycles. The number of nitriles is 1. The van der Waals surface area contributed by atoms with E-state index in [0.29, 0.717) is 28.3 Å². The first kappa shape index (κ1) is 18.6. The fourth-order valence-corrected chi connectivity index (χ4v) is 2.42. The zero-order valence-electron chi connectivity index (χ0n) is 15.1. The third-order valence-corrected chi connectivity index (χ3v) is 3.78. The van der Waals surface area contributed by atoms with E-state index in [2.05, 4.69) is 20.9 Å². The summed E-state index contributed by atoms with van der Waals surface area (Å²) in [6.45, 7) is 1.45. The van der Waals surface area contributed by atoms with Gasteiger partial charge in [-0.15, -0.1) is 0 Å². The molecule has 0 spiro atoms. The molecule has 0 fully saturated rings. The summed E-state index contributed by atoms with van der Waals surface area (Å²) < 4.78 is 0. The van der Waals surface area contributed by atoms with Crippen molar-refractivity contribution in [2.24, 2.45) is 0 Å². The van der Waals surface area contributed by atoms with Gasteiger partial charge in [0, 0.05) is 30.2 Å². The molecular weight excluding hydrogens is 354 g/mol. The molecule has 3 N–H and O–H groups in total. The predicted molar refractivity (Wildman–Crippen MR) is 107 cm³/mol. The molecule has 0 atom stereocenters. The number of nitrogens with zero attached hydrogens (tertiary/aromatic N) is 2. The summed E-state index contributed by atoms with van der Waals surface area (Å²) in [4.78, 5) is 27.6. The van der Waals surface area contributed by atoms with Gasteiger partial charge in [0.1, 0.15) is 5.82 Å². The average Bonchev–Trinajstić information content (AvgIpc) is 2.70. The maximum absolute atomic E-state index is 12.3. The summed E-state index contributed by atoms with van der Waals surface area (Å²) in [5.74, 6) is 0.169. The maximum Gasteiger partial charge on any atom is 0.257 e. The lowest BCUT2D eigenvalue weighted by atomic mass is 10.2. The van der Waals surface area contributed by atoms with Gasteiger partial charge in [-0.1, -0.05) is 0 Å². The molecule has 0 aliphatic carbocycles. The van der Waals surface area contributed by atoms with Crippen LogP contribution in [0.4, 0.5) is 22.9 Å². The molecule has 2 aromatic carbocycles. The van der Waals surface area contributed by atoms with Gasteiger partial charge in [-0.05, 0) is 60.7 Å². The van der Waals surface area contributed by atoms with Crippen LogP contribution in [0.25, 0.3) is 0 Å². The minimum absolute atomic E-state index is 0.128. The molecule has 28 heavy (non-hydrogen) atoms. The van der Waals surface area contributed by atoms with Crippen LogP contribution < -0.4 is 16.0 Å². The highest BCUT2D eigenvalue weighted by atomic mass is 16.2. The lowest BCUT2D eigenvalue weighted by Crippen LogP contribution is -2.12. The highest BCUT2D eigenvalue weighted by Gasteiger charge is 2.07. The number of pyridine rings is 1. The van der Waals surface area contributed by atoms with Crippen LogP contribution in [0.1, 0.15) is 22.8 Å². The molecule has 7 heteroatoms. The maximum atomic E-state index is 12.3. The summed E-state index contributed by atoms with van der Waals surface area (Å²) in [6.07, 6.45) is 1.48. The third kappa shape index (κ3) is 4.93. The summed E-state index contributed by atoms with van der Waals surface area (Å²) in [5.41, 5.74) is 3.05. The van der Waals surface area contributed by atoms with Crippen molar-refractivity contribution in [3.05, 3.63) is 78.0 Å². The monoisotopic (exact) mass is 371 g/mol. The first-order chi connectivity index (χ1) is 13.5. The highest BCUT2D eigenvalue weighted by Crippen LogP contribution is 2.18. The van der Waals surface area contributed by atoms with Crippen molar-refractivity contribution in [3.63, 3.8) is 0 Å². The lowest BCUT2D eigenvalue weighted by Gasteiger charge is -2.08. The van der Waals surface area contributed by atoms with Gasteiger partial charge in [0.2, 0.25) is 5.91 Å². The molecule has 138 valence electrons. The SMILES string of the molecule is CC(=O)Nc1ccc(Nc2ccc(C(=O)Nc3ccc(C#N)cc3)cn2)cc1. The van der Waals surface area contributed by atoms with Gasteiger partial charge >= 0.3 is 0 Å². The van der Waals surface area contributed by atoms with Gasteiger partial charge in [-0.25, -0.2) is 4.98 Å². The molecule has 3 aromatic rings. The minimum Gasteiger partial charge on any atom is -0.340 e. The number of carbonyl (C=O) groups is 2. The highest BCUT2D eigenvalue weighted by molar-refractivity contribution is 6.04. The fraction of sp³-hybridized carbons (Fsp3) is 0.0476. The van der Waals surface area contributed by atoms with E-state index in [0.717, 1.165) is 5.69 Å². The molecule has 3 rings (SSSR count). The number of nitrogens with one attached hydrogen (secondary N) is 3. The average molecular weight is 371 g/mol. The second-order valence-corrected chi connectivity index (χ2v) is 5.96. The number of anilines is 4. The quantitative estimate of drug-likeness (QED) is 0.630. The number of aromatic nitrogens is 1. The Bertz CT molecular complexity index is 1020. The molecule has 0 bridgehead atoms. The number of amides is 2. The van der Waals surface area contributed by atoms with Crippen molar-refractivity contribution in [1.82, 2.24) is 4.98 Å². The second-order valence-electron chi connectivity index (χ2n) is 5.96. The van der Waals surface area contributed by atoms with Crippen molar-refractivity contribution < 1.29 is 9.59 Å². The Balaban J connectivity index is 1.61. The second kappa shape index (κ2) is 8.47. The topological polar surface area (TPSA) is 107 Å². The number of hydrogen-bond donors (Lipinski definition) is 3. The van der Waals surface area contributed by atoms with Crippen LogP contribution in [-0.4, -0.2) is 16.8 Å². The number of carbonyl (C=O) groups excluding carboxylic acids is 2. The Hall–Kier alpha value is -4.18. The van der Waals surface area contributed by atoms with E-state index in [1.807, 2.05) is 18.2 Å². The predicted octanol–water partition coefficient (Wildman–Crippen LogP) is 3.91. The van der Waals surface area contributed by atoms with Crippen LogP contribution in [0, 0.1) is 11.3 Å². The zero-order valence-corrected chi connectivity index (χ0v) is 15.1. The van der Waals surface area contributed by atoms with Crippen molar-refractivity contribution in [2.75, 3.05) is 16.0 Å². The van der Waals surface area contributed by atoms with Gasteiger partial charge in [0.25, 0.3) is 5.91 Å². The summed E-state index contributed by atoms with van der Waals surface area (Å²) in [7, 11) is 0. The largest absolute Gasteiger partial charge is 0.340 e. The van der Waals surface area contributed by atoms with Gasteiger partial charge in [0.05, 0.1) is 17.2 Å². The molecule has 7 nitrogen and oxygen atoms in total. The fourth-order valence-electron chi connectivity index (χ4n) is 2.42. The van der Waals surface area contributed by atoms with E-state index >= 15 is 0 Å². The normalized spacial score (nSPS) is 9.86. The first-order valence-corrected chi connectivity index (χ1v) is 8.46. The molecule has 1 heterocycles. The number of rotatable bonds is 5. The van der Waals surface area contributed by atoms with Crippen LogP contribution in [-0.2, 0) is 4.79 Å². The van der Waals surface area contributed by atoms with E-state index in [9.17, 15) is 9.59 Å². The Kier molecular flexibility index (Phi) is 5.63. The molecular formula is C21H17N5O2. The zero-order chi connectivity index (χ0) is 19.9. The molecule has 0 aliphatic heterocycles. The van der Waals surface area contributed by atoms with Gasteiger partial charge < -0.3 is 16.0 Å². The summed E-state index contributed by atoms with van der Waals surface area (Å²) in [6, 6.07) is 19.2. The van der Waals surface area contributed by atoms with E-state index in [1.165, 1.54) is 13.1 Å². The van der Waals surface area contributed by atoms with E-state index < -0.39 is 0 Å². The van der Waals surface area contributed by atoms with Crippen LogP contribution in [0.3, 0.4) is 0 Å². The molecule has 2 amide bonds. The van der Waals surface area contributed by atoms with Crippen molar-refractivity contribution >= 4 is 34.7 Å². The molecule has 0 radical (unpaired) electrons. The van der Waals surface area contributed by atoms with Crippen molar-refractivity contribution in [3.8, 4) is 6.07 Å². The van der Waals surface area contributed by atoms with Crippen molar-refractivity contribution in [1.29, 1.82) is 5.26 Å². The Labute approximate surface area is 162 Å². The molecule has 0 saturated carbocycles. The van der Waals surface area contributed by atoms with Crippen LogP contribution in [0.15, 0.2) is 66.9 Å². The minimum atomic E-state index is -0.289. The van der Waals surface area contributed by atoms with Crippen LogP contribution in [0.5, 0.6) is 0 Å². The van der Waals surface area contributed by atoms with Crippen molar-refractivity contribution in [2.45, 2.75) is 6.92 Å². The van der Waals surface area contributed by atoms with Gasteiger partial charge in [0.15, 0.2) is 0 Å². The summed E-state index contributed by atoms with van der Waals surface area (Å²) >= 11 is 0. The van der Waals surface area contributed by atoms with E-state index in [4.69, 9.17) is 5.26 Å². The Morgan fingerprint density at radius 1 is 0.857 bits per heavy atom. The lowest BCUT2D eigenvalue weighted by molar-refractivity contribution is -0.114. The standard InChI is InChI=1S/C21H17N5O2/c1-14(27)24-17-7-9-18(10-8-17)25-20-11-4-16(13-23-20)21(28)26-19-5-2-15(12-22)3-6-19/h2-11,13H,1H3,(H,23,25)(H,24,27)(H,26,28). The number of hydrogen-bond acceptors (Lipinski definition) is 5. The summed E-state index contributed by atoms with van der Waals surface area (Å²) in [5, 5.41) is 17.4. The van der Waals surface area contributed by atoms with Crippen LogP contribution >= 0.6 is 0 Å². The van der Waals surface area contributed by atoms with Gasteiger partial charge in [-0.3, -0.25) is 9.59 Å². The van der Waals surface area contributed by atoms with E-state index in [1.54, 1.807) is 48.5 Å². The Morgan fingerprint density at radius 3 is 2.04 bits per heavy atom. The van der Waals surface area contributed by atoms with E-state index in [-0.39, 0.29) is 11.8 Å². The van der Waals surface area contributed by atoms with Crippen LogP contribution in [0.2, 0.25) is 0 Å². The smallest absolute Gasteiger partial charge is 0.257 e. The Morgan fingerprint density at radius 2 is 1.46 bits per heavy atom. The van der Waals surface area contributed by atoms with Gasteiger partial charge in [-0.2, -0.15) is 5.26 Å².